The number of nitrogens with zero attached hydrogens (tertiary/aromatic N) is 2. The highest BCUT2D eigenvalue weighted by Gasteiger charge is 2.37. The van der Waals surface area contributed by atoms with Crippen LogP contribution in [0.1, 0.15) is 25.0 Å². The molecule has 268 valence electrons. The van der Waals surface area contributed by atoms with E-state index in [4.69, 9.17) is 9.97 Å². The molecule has 0 amide bonds. The summed E-state index contributed by atoms with van der Waals surface area (Å²) >= 11 is 0. The Hall–Kier alpha value is -7.16. The quantitative estimate of drug-likeness (QED) is 0.176. The first-order chi connectivity index (χ1) is 28.0. The average Bonchev–Trinajstić information content (AvgIpc) is 3.50. The van der Waals surface area contributed by atoms with Crippen LogP contribution < -0.4 is 0 Å². The van der Waals surface area contributed by atoms with Crippen molar-refractivity contribution in [3.05, 3.63) is 205 Å². The largest absolute Gasteiger partial charge is 0.228 e. The molecule has 0 saturated carbocycles. The van der Waals surface area contributed by atoms with Gasteiger partial charge in [0.05, 0.1) is 11.4 Å². The maximum absolute atomic E-state index is 5.34. The third kappa shape index (κ3) is 5.56. The Kier molecular flexibility index (Phi) is 7.55. The van der Waals surface area contributed by atoms with E-state index in [1.807, 2.05) is 0 Å². The van der Waals surface area contributed by atoms with Crippen LogP contribution in [0, 0.1) is 0 Å². The molecule has 57 heavy (non-hydrogen) atoms. The van der Waals surface area contributed by atoms with E-state index < -0.39 is 0 Å². The third-order valence-electron chi connectivity index (χ3n) is 12.0. The van der Waals surface area contributed by atoms with Gasteiger partial charge in [0.2, 0.25) is 0 Å². The van der Waals surface area contributed by atoms with Gasteiger partial charge in [0.15, 0.2) is 5.82 Å². The van der Waals surface area contributed by atoms with Crippen LogP contribution in [0.3, 0.4) is 0 Å². The lowest BCUT2D eigenvalue weighted by atomic mass is 9.81. The summed E-state index contributed by atoms with van der Waals surface area (Å²) in [6, 6.07) is 70.2. The van der Waals surface area contributed by atoms with Gasteiger partial charge >= 0.3 is 0 Å². The zero-order valence-electron chi connectivity index (χ0n) is 31.9. The molecule has 0 saturated heterocycles. The van der Waals surface area contributed by atoms with Crippen LogP contribution >= 0.6 is 0 Å². The second-order valence-electron chi connectivity index (χ2n) is 15.8. The van der Waals surface area contributed by atoms with Gasteiger partial charge < -0.3 is 0 Å². The van der Waals surface area contributed by atoms with Crippen LogP contribution in [0.5, 0.6) is 0 Å². The highest BCUT2D eigenvalue weighted by atomic mass is 14.9. The van der Waals surface area contributed by atoms with Crippen molar-refractivity contribution in [2.24, 2.45) is 0 Å². The van der Waals surface area contributed by atoms with E-state index >= 15 is 0 Å². The Labute approximate surface area is 332 Å². The topological polar surface area (TPSA) is 25.8 Å². The van der Waals surface area contributed by atoms with Crippen molar-refractivity contribution in [2.75, 3.05) is 0 Å². The first-order valence-electron chi connectivity index (χ1n) is 19.7. The van der Waals surface area contributed by atoms with Gasteiger partial charge in [0, 0.05) is 22.1 Å². The molecule has 1 aromatic heterocycles. The molecule has 1 aliphatic carbocycles. The lowest BCUT2D eigenvalue weighted by molar-refractivity contribution is 0.661. The normalized spacial score (nSPS) is 12.9. The van der Waals surface area contributed by atoms with Gasteiger partial charge in [-0.05, 0) is 113 Å². The number of hydrogen-bond acceptors (Lipinski definition) is 2. The minimum Gasteiger partial charge on any atom is -0.228 e. The van der Waals surface area contributed by atoms with E-state index in [0.29, 0.717) is 5.82 Å². The maximum atomic E-state index is 5.34. The molecule has 2 heteroatoms. The van der Waals surface area contributed by atoms with E-state index in [1.165, 1.54) is 65.7 Å². The molecule has 11 rings (SSSR count). The molecule has 10 aromatic rings. The number of benzene rings is 9. The standard InChI is InChI=1S/C55H38N2/c1-55(2)49-24-12-23-46(53(49)48-32-39-17-7-8-18-40(39)33-50(48)55)42-20-11-19-41(31-42)45-21-9-10-22-47(45)54-56-51(43-27-25-35-13-3-5-15-37(35)29-43)34-52(57-54)44-28-26-36-14-4-6-16-38(36)30-44/h3-34H,1-2H3. The van der Waals surface area contributed by atoms with Crippen molar-refractivity contribution >= 4 is 32.3 Å². The van der Waals surface area contributed by atoms with Gasteiger partial charge in [-0.25, -0.2) is 9.97 Å². The third-order valence-corrected chi connectivity index (χ3v) is 12.0. The van der Waals surface area contributed by atoms with Gasteiger partial charge in [-0.1, -0.05) is 172 Å². The average molecular weight is 727 g/mol. The van der Waals surface area contributed by atoms with Gasteiger partial charge in [-0.2, -0.15) is 0 Å². The highest BCUT2D eigenvalue weighted by molar-refractivity contribution is 5.99. The Morgan fingerprint density at radius 3 is 1.44 bits per heavy atom. The van der Waals surface area contributed by atoms with Crippen molar-refractivity contribution in [1.29, 1.82) is 0 Å². The van der Waals surface area contributed by atoms with Gasteiger partial charge in [-0.15, -0.1) is 0 Å². The van der Waals surface area contributed by atoms with Crippen molar-refractivity contribution in [1.82, 2.24) is 9.97 Å². The fraction of sp³-hybridized carbons (Fsp3) is 0.0545. The fourth-order valence-electron chi connectivity index (χ4n) is 9.06. The minimum atomic E-state index is -0.106. The molecule has 0 radical (unpaired) electrons. The number of fused-ring (bicyclic) bond motifs is 6. The summed E-state index contributed by atoms with van der Waals surface area (Å²) in [4.78, 5) is 10.7. The maximum Gasteiger partial charge on any atom is 0.161 e. The molecule has 1 aliphatic rings. The highest BCUT2D eigenvalue weighted by Crippen LogP contribution is 2.53. The Morgan fingerprint density at radius 2 is 0.807 bits per heavy atom. The van der Waals surface area contributed by atoms with E-state index in [9.17, 15) is 0 Å². The smallest absolute Gasteiger partial charge is 0.161 e. The van der Waals surface area contributed by atoms with Crippen molar-refractivity contribution in [2.45, 2.75) is 19.3 Å². The van der Waals surface area contributed by atoms with Gasteiger partial charge in [0.1, 0.15) is 0 Å². The summed E-state index contributed by atoms with van der Waals surface area (Å²) in [5.41, 5.74) is 14.9. The SMILES string of the molecule is CC1(C)c2cc3ccccc3cc2-c2c(-c3cccc(-c4ccccc4-c4nc(-c5ccc6ccccc6c5)cc(-c5ccc6ccccc6c5)n4)c3)cccc21. The predicted octanol–water partition coefficient (Wildman–Crippen LogP) is 14.6. The zero-order chi connectivity index (χ0) is 38.1. The molecule has 0 N–H and O–H groups in total. The van der Waals surface area contributed by atoms with Crippen LogP contribution in [0.2, 0.25) is 0 Å². The van der Waals surface area contributed by atoms with Gasteiger partial charge in [-0.3, -0.25) is 0 Å². The second kappa shape index (κ2) is 13.0. The minimum absolute atomic E-state index is 0.106. The molecule has 0 aliphatic heterocycles. The lowest BCUT2D eigenvalue weighted by Gasteiger charge is -2.22. The molecular formula is C55H38N2. The first kappa shape index (κ1) is 33.2. The van der Waals surface area contributed by atoms with Crippen LogP contribution in [-0.4, -0.2) is 9.97 Å². The van der Waals surface area contributed by atoms with Gasteiger partial charge in [0.25, 0.3) is 0 Å². The molecule has 0 fully saturated rings. The summed E-state index contributed by atoms with van der Waals surface area (Å²) in [5.74, 6) is 0.702. The summed E-state index contributed by atoms with van der Waals surface area (Å²) in [7, 11) is 0. The van der Waals surface area contributed by atoms with Crippen molar-refractivity contribution < 1.29 is 0 Å². The Bertz CT molecular complexity index is 3130. The molecule has 1 heterocycles. The number of hydrogen-bond donors (Lipinski definition) is 0. The molecule has 0 spiro atoms. The monoisotopic (exact) mass is 726 g/mol. The Balaban J connectivity index is 1.07. The van der Waals surface area contributed by atoms with E-state index in [2.05, 4.69) is 208 Å². The first-order valence-corrected chi connectivity index (χ1v) is 19.7. The second-order valence-corrected chi connectivity index (χ2v) is 15.8. The summed E-state index contributed by atoms with van der Waals surface area (Å²) in [6.07, 6.45) is 0. The zero-order valence-corrected chi connectivity index (χ0v) is 31.9. The van der Waals surface area contributed by atoms with Crippen LogP contribution in [-0.2, 0) is 5.41 Å². The molecular weight excluding hydrogens is 689 g/mol. The van der Waals surface area contributed by atoms with E-state index in [1.54, 1.807) is 0 Å². The van der Waals surface area contributed by atoms with Crippen LogP contribution in [0.15, 0.2) is 194 Å². The van der Waals surface area contributed by atoms with Crippen LogP contribution in [0.25, 0.3) is 99.6 Å². The Morgan fingerprint density at radius 1 is 0.316 bits per heavy atom. The van der Waals surface area contributed by atoms with E-state index in [-0.39, 0.29) is 5.41 Å². The van der Waals surface area contributed by atoms with Crippen molar-refractivity contribution in [3.63, 3.8) is 0 Å². The summed E-state index contributed by atoms with van der Waals surface area (Å²) in [6.45, 7) is 4.72. The van der Waals surface area contributed by atoms with Crippen molar-refractivity contribution in [3.8, 4) is 67.3 Å². The molecule has 0 bridgehead atoms. The lowest BCUT2D eigenvalue weighted by Crippen LogP contribution is -2.14. The molecule has 0 unspecified atom stereocenters. The number of rotatable bonds is 5. The summed E-state index contributed by atoms with van der Waals surface area (Å²) in [5, 5.41) is 7.34. The predicted molar refractivity (Wildman–Crippen MR) is 239 cm³/mol. The van der Waals surface area contributed by atoms with E-state index in [0.717, 1.165) is 39.2 Å². The summed E-state index contributed by atoms with van der Waals surface area (Å²) < 4.78 is 0. The van der Waals surface area contributed by atoms with Crippen LogP contribution in [0.4, 0.5) is 0 Å². The molecule has 2 nitrogen and oxygen atoms in total. The molecule has 9 aromatic carbocycles. The fourth-order valence-corrected chi connectivity index (χ4v) is 9.06. The molecule has 0 atom stereocenters. The number of aromatic nitrogens is 2.